The van der Waals surface area contributed by atoms with Crippen molar-refractivity contribution in [1.29, 1.82) is 0 Å². The molecule has 6 nitrogen and oxygen atoms in total. The summed E-state index contributed by atoms with van der Waals surface area (Å²) in [5, 5.41) is 20.8. The Morgan fingerprint density at radius 1 is 1.36 bits per heavy atom. The maximum Gasteiger partial charge on any atom is 0.286 e. The Hall–Kier alpha value is -2.09. The fourth-order valence-electron chi connectivity index (χ4n) is 1.87. The van der Waals surface area contributed by atoms with Gasteiger partial charge < -0.3 is 10.4 Å². The molecule has 1 heterocycles. The van der Waals surface area contributed by atoms with E-state index in [-0.39, 0.29) is 12.5 Å². The lowest BCUT2D eigenvalue weighted by Gasteiger charge is -2.16. The van der Waals surface area contributed by atoms with Crippen molar-refractivity contribution in [2.45, 2.75) is 6.54 Å². The number of para-hydroxylation sites is 1. The molecular weight excluding hydrogens is 300 g/mol. The zero-order valence-corrected chi connectivity index (χ0v) is 12.9. The summed E-state index contributed by atoms with van der Waals surface area (Å²) in [7, 11) is 0. The third-order valence-electron chi connectivity index (χ3n) is 2.86. The molecule has 2 N–H and O–H groups in total. The maximum absolute atomic E-state index is 12.1. The van der Waals surface area contributed by atoms with Crippen LogP contribution in [0.3, 0.4) is 0 Å². The lowest BCUT2D eigenvalue weighted by molar-refractivity contribution is 0.102. The molecule has 0 fully saturated rings. The Labute approximate surface area is 133 Å². The molecule has 0 saturated heterocycles. The Bertz CT molecular complexity index is 615. The monoisotopic (exact) mass is 318 g/mol. The number of hydrogen-bond acceptors (Lipinski definition) is 6. The average molecular weight is 318 g/mol. The summed E-state index contributed by atoms with van der Waals surface area (Å²) in [4.78, 5) is 14.1. The number of carbonyl (C=O) groups excluding carboxylic acids is 1. The highest BCUT2D eigenvalue weighted by Crippen LogP contribution is 2.14. The summed E-state index contributed by atoms with van der Waals surface area (Å²) >= 11 is 1.25. The number of aromatic nitrogens is 2. The normalized spacial score (nSPS) is 10.6. The third kappa shape index (κ3) is 4.73. The number of hydrogen-bond donors (Lipinski definition) is 2. The van der Waals surface area contributed by atoms with Gasteiger partial charge in [0.1, 0.15) is 5.01 Å². The van der Waals surface area contributed by atoms with Crippen molar-refractivity contribution < 1.29 is 9.90 Å². The van der Waals surface area contributed by atoms with Crippen molar-refractivity contribution in [1.82, 2.24) is 15.1 Å². The first-order valence-electron chi connectivity index (χ1n) is 6.86. The second-order valence-electron chi connectivity index (χ2n) is 4.57. The lowest BCUT2D eigenvalue weighted by atomic mass is 10.3. The first-order chi connectivity index (χ1) is 10.7. The molecule has 0 aliphatic rings. The average Bonchev–Trinajstić information content (AvgIpc) is 2.97. The van der Waals surface area contributed by atoms with Crippen LogP contribution in [0.4, 0.5) is 5.69 Å². The second kappa shape index (κ2) is 8.38. The van der Waals surface area contributed by atoms with Crippen LogP contribution in [0.2, 0.25) is 0 Å². The summed E-state index contributed by atoms with van der Waals surface area (Å²) in [6, 6.07) is 9.21. The van der Waals surface area contributed by atoms with Crippen LogP contribution in [-0.4, -0.2) is 45.8 Å². The summed E-state index contributed by atoms with van der Waals surface area (Å²) < 4.78 is 0. The molecule has 7 heteroatoms. The van der Waals surface area contributed by atoms with Gasteiger partial charge in [-0.05, 0) is 12.1 Å². The minimum atomic E-state index is -0.271. The molecule has 1 aromatic carbocycles. The molecule has 0 aliphatic carbocycles. The summed E-state index contributed by atoms with van der Waals surface area (Å²) in [6.45, 7) is 5.45. The van der Waals surface area contributed by atoms with Crippen LogP contribution in [0.1, 0.15) is 14.8 Å². The first-order valence-corrected chi connectivity index (χ1v) is 7.67. The number of aliphatic hydroxyl groups excluding tert-OH is 1. The molecule has 0 saturated carbocycles. The predicted octanol–water partition coefficient (Wildman–Crippen LogP) is 1.77. The minimum absolute atomic E-state index is 0.0635. The molecular formula is C15H18N4O2S. The Balaban J connectivity index is 1.98. The van der Waals surface area contributed by atoms with E-state index in [9.17, 15) is 4.79 Å². The molecule has 0 aliphatic heterocycles. The second-order valence-corrected chi connectivity index (χ2v) is 5.63. The topological polar surface area (TPSA) is 78.3 Å². The Morgan fingerprint density at radius 2 is 2.14 bits per heavy atom. The largest absolute Gasteiger partial charge is 0.395 e. The molecule has 2 rings (SSSR count). The molecule has 116 valence electrons. The van der Waals surface area contributed by atoms with Gasteiger partial charge in [-0.15, -0.1) is 16.8 Å². The molecule has 0 spiro atoms. The molecule has 1 aromatic heterocycles. The van der Waals surface area contributed by atoms with Crippen LogP contribution in [-0.2, 0) is 6.54 Å². The number of carbonyl (C=O) groups is 1. The van der Waals surface area contributed by atoms with E-state index in [0.717, 1.165) is 10.7 Å². The number of aliphatic hydroxyl groups is 1. The van der Waals surface area contributed by atoms with Crippen LogP contribution in [0, 0.1) is 0 Å². The number of amides is 1. The van der Waals surface area contributed by atoms with E-state index >= 15 is 0 Å². The highest BCUT2D eigenvalue weighted by atomic mass is 32.1. The smallest absolute Gasteiger partial charge is 0.286 e. The van der Waals surface area contributed by atoms with Crippen LogP contribution in [0.15, 0.2) is 43.0 Å². The van der Waals surface area contributed by atoms with Gasteiger partial charge in [0.15, 0.2) is 0 Å². The van der Waals surface area contributed by atoms with Gasteiger partial charge in [-0.3, -0.25) is 9.69 Å². The first kappa shape index (κ1) is 16.3. The Kier molecular flexibility index (Phi) is 6.20. The zero-order chi connectivity index (χ0) is 15.8. The number of nitrogens with zero attached hydrogens (tertiary/aromatic N) is 3. The van der Waals surface area contributed by atoms with E-state index < -0.39 is 0 Å². The number of anilines is 1. The zero-order valence-electron chi connectivity index (χ0n) is 12.1. The SMILES string of the molecule is C=CCN(CCO)Cc1nnc(C(=O)Nc2ccccc2)s1. The van der Waals surface area contributed by atoms with Gasteiger partial charge in [0.2, 0.25) is 5.01 Å². The number of nitrogens with one attached hydrogen (secondary N) is 1. The molecule has 0 radical (unpaired) electrons. The summed E-state index contributed by atoms with van der Waals surface area (Å²) in [5.41, 5.74) is 0.720. The van der Waals surface area contributed by atoms with Gasteiger partial charge in [-0.2, -0.15) is 0 Å². The van der Waals surface area contributed by atoms with Crippen molar-refractivity contribution in [3.05, 3.63) is 53.0 Å². The quantitative estimate of drug-likeness (QED) is 0.725. The number of rotatable bonds is 8. The maximum atomic E-state index is 12.1. The van der Waals surface area contributed by atoms with E-state index in [2.05, 4.69) is 22.1 Å². The molecule has 2 aromatic rings. The van der Waals surface area contributed by atoms with Crippen LogP contribution in [0.5, 0.6) is 0 Å². The van der Waals surface area contributed by atoms with Gasteiger partial charge in [0, 0.05) is 18.8 Å². The minimum Gasteiger partial charge on any atom is -0.395 e. The summed E-state index contributed by atoms with van der Waals surface area (Å²) in [5.74, 6) is -0.271. The molecule has 0 bridgehead atoms. The van der Waals surface area contributed by atoms with Crippen molar-refractivity contribution in [3.8, 4) is 0 Å². The van der Waals surface area contributed by atoms with Gasteiger partial charge in [0.05, 0.1) is 13.2 Å². The molecule has 0 atom stereocenters. The van der Waals surface area contributed by atoms with Gasteiger partial charge in [0.25, 0.3) is 5.91 Å². The van der Waals surface area contributed by atoms with Crippen LogP contribution >= 0.6 is 11.3 Å². The fraction of sp³-hybridized carbons (Fsp3) is 0.267. The number of benzene rings is 1. The van der Waals surface area contributed by atoms with E-state index in [4.69, 9.17) is 5.11 Å². The van der Waals surface area contributed by atoms with Crippen molar-refractivity contribution in [3.63, 3.8) is 0 Å². The van der Waals surface area contributed by atoms with E-state index in [0.29, 0.717) is 24.6 Å². The van der Waals surface area contributed by atoms with E-state index in [1.54, 1.807) is 6.08 Å². The summed E-state index contributed by atoms with van der Waals surface area (Å²) in [6.07, 6.45) is 1.76. The molecule has 22 heavy (non-hydrogen) atoms. The van der Waals surface area contributed by atoms with Crippen molar-refractivity contribution in [2.75, 3.05) is 25.0 Å². The molecule has 0 unspecified atom stereocenters. The molecule has 1 amide bonds. The van der Waals surface area contributed by atoms with Crippen LogP contribution in [0.25, 0.3) is 0 Å². The van der Waals surface area contributed by atoms with E-state index in [1.807, 2.05) is 35.2 Å². The van der Waals surface area contributed by atoms with Crippen LogP contribution < -0.4 is 5.32 Å². The van der Waals surface area contributed by atoms with Gasteiger partial charge >= 0.3 is 0 Å². The van der Waals surface area contributed by atoms with Gasteiger partial charge in [-0.25, -0.2) is 0 Å². The highest BCUT2D eigenvalue weighted by molar-refractivity contribution is 7.13. The van der Waals surface area contributed by atoms with E-state index in [1.165, 1.54) is 11.3 Å². The predicted molar refractivity (Wildman–Crippen MR) is 86.9 cm³/mol. The standard InChI is InChI=1S/C15H18N4O2S/c1-2-8-19(9-10-20)11-13-17-18-15(22-13)14(21)16-12-6-4-3-5-7-12/h2-7,20H,1,8-11H2,(H,16,21). The Morgan fingerprint density at radius 3 is 2.82 bits per heavy atom. The lowest BCUT2D eigenvalue weighted by Crippen LogP contribution is -2.26. The fourth-order valence-corrected chi connectivity index (χ4v) is 2.64. The van der Waals surface area contributed by atoms with Gasteiger partial charge in [-0.1, -0.05) is 35.6 Å². The van der Waals surface area contributed by atoms with Crippen molar-refractivity contribution >= 4 is 22.9 Å². The highest BCUT2D eigenvalue weighted by Gasteiger charge is 2.14. The van der Waals surface area contributed by atoms with Crippen molar-refractivity contribution in [2.24, 2.45) is 0 Å². The third-order valence-corrected chi connectivity index (χ3v) is 3.76.